The molecule has 0 aliphatic carbocycles. The summed E-state index contributed by atoms with van der Waals surface area (Å²) < 4.78 is 5.19. The Labute approximate surface area is 105 Å². The number of ether oxygens (including phenoxy) is 1. The lowest BCUT2D eigenvalue weighted by atomic mass is 9.97. The van der Waals surface area contributed by atoms with Crippen LogP contribution in [0, 0.1) is 0 Å². The molecule has 1 fully saturated rings. The van der Waals surface area contributed by atoms with Gasteiger partial charge in [-0.05, 0) is 11.6 Å². The molecule has 3 heterocycles. The Hall–Kier alpha value is -1.88. The van der Waals surface area contributed by atoms with Crippen LogP contribution in [-0.2, 0) is 4.79 Å². The van der Waals surface area contributed by atoms with Gasteiger partial charge in [-0.1, -0.05) is 0 Å². The van der Waals surface area contributed by atoms with Crippen molar-refractivity contribution in [2.45, 2.75) is 18.9 Å². The summed E-state index contributed by atoms with van der Waals surface area (Å²) in [5.41, 5.74) is 1.91. The molecule has 18 heavy (non-hydrogen) atoms. The summed E-state index contributed by atoms with van der Waals surface area (Å²) in [5, 5.41) is 4.39. The minimum absolute atomic E-state index is 0.0777. The molecule has 1 aliphatic rings. The average Bonchev–Trinajstić information content (AvgIpc) is 2.81. The van der Waals surface area contributed by atoms with Crippen molar-refractivity contribution in [2.75, 3.05) is 13.7 Å². The first-order valence-corrected chi connectivity index (χ1v) is 6.04. The van der Waals surface area contributed by atoms with Gasteiger partial charge in [0.05, 0.1) is 13.3 Å². The molecule has 0 radical (unpaired) electrons. The van der Waals surface area contributed by atoms with E-state index in [2.05, 4.69) is 15.3 Å². The van der Waals surface area contributed by atoms with Crippen LogP contribution in [0.25, 0.3) is 11.0 Å². The number of fused-ring (bicyclic) bond motifs is 1. The van der Waals surface area contributed by atoms with E-state index in [0.29, 0.717) is 18.6 Å². The van der Waals surface area contributed by atoms with Crippen molar-refractivity contribution in [1.82, 2.24) is 15.3 Å². The molecule has 1 saturated heterocycles. The van der Waals surface area contributed by atoms with E-state index in [4.69, 9.17) is 4.74 Å². The minimum atomic E-state index is 0.0777. The summed E-state index contributed by atoms with van der Waals surface area (Å²) in [7, 11) is 1.62. The number of nitrogens with zero attached hydrogens (tertiary/aromatic N) is 1. The third-order valence-corrected chi connectivity index (χ3v) is 3.38. The molecule has 2 N–H and O–H groups in total. The van der Waals surface area contributed by atoms with E-state index in [1.807, 2.05) is 12.3 Å². The van der Waals surface area contributed by atoms with Gasteiger partial charge in [-0.3, -0.25) is 4.79 Å². The van der Waals surface area contributed by atoms with E-state index >= 15 is 0 Å². The standard InChI is InChI=1S/C13H15N3O2/c1-18-9-5-10-11(7-16-13(10)15-6-9)12-4-8(17)2-3-14-12/h5-7,12,14H,2-4H2,1H3,(H,15,16). The maximum absolute atomic E-state index is 11.5. The first-order valence-electron chi connectivity index (χ1n) is 6.04. The third kappa shape index (κ3) is 1.86. The Morgan fingerprint density at radius 3 is 3.17 bits per heavy atom. The molecular weight excluding hydrogens is 230 g/mol. The molecule has 3 rings (SSSR count). The summed E-state index contributed by atoms with van der Waals surface area (Å²) in [5.74, 6) is 1.04. The second-order valence-electron chi connectivity index (χ2n) is 4.51. The van der Waals surface area contributed by atoms with Crippen LogP contribution in [0.3, 0.4) is 0 Å². The second kappa shape index (κ2) is 4.42. The Morgan fingerprint density at radius 1 is 1.50 bits per heavy atom. The van der Waals surface area contributed by atoms with E-state index in [1.54, 1.807) is 13.3 Å². The monoisotopic (exact) mass is 245 g/mol. The zero-order valence-corrected chi connectivity index (χ0v) is 10.2. The van der Waals surface area contributed by atoms with Crippen LogP contribution in [0.1, 0.15) is 24.4 Å². The first-order chi connectivity index (χ1) is 8.78. The molecule has 1 unspecified atom stereocenters. The van der Waals surface area contributed by atoms with Crippen LogP contribution in [0.4, 0.5) is 0 Å². The predicted octanol–water partition coefficient (Wildman–Crippen LogP) is 1.57. The minimum Gasteiger partial charge on any atom is -0.495 e. The fraction of sp³-hybridized carbons (Fsp3) is 0.385. The largest absolute Gasteiger partial charge is 0.495 e. The van der Waals surface area contributed by atoms with Gasteiger partial charge in [-0.2, -0.15) is 0 Å². The van der Waals surface area contributed by atoms with Crippen molar-refractivity contribution in [3.63, 3.8) is 0 Å². The highest BCUT2D eigenvalue weighted by Crippen LogP contribution is 2.29. The number of hydrogen-bond acceptors (Lipinski definition) is 4. The first kappa shape index (κ1) is 11.2. The van der Waals surface area contributed by atoms with Crippen molar-refractivity contribution in [1.29, 1.82) is 0 Å². The highest BCUT2D eigenvalue weighted by Gasteiger charge is 2.23. The molecule has 5 heteroatoms. The molecule has 0 saturated carbocycles. The number of carbonyl (C=O) groups is 1. The number of hydrogen-bond donors (Lipinski definition) is 2. The smallest absolute Gasteiger partial charge is 0.137 e. The van der Waals surface area contributed by atoms with E-state index in [0.717, 1.165) is 28.9 Å². The number of piperidine rings is 1. The molecular formula is C13H15N3O2. The molecule has 94 valence electrons. The van der Waals surface area contributed by atoms with Gasteiger partial charge in [0.2, 0.25) is 0 Å². The predicted molar refractivity (Wildman–Crippen MR) is 67.6 cm³/mol. The number of aromatic amines is 1. The van der Waals surface area contributed by atoms with E-state index in [9.17, 15) is 4.79 Å². The fourth-order valence-corrected chi connectivity index (χ4v) is 2.41. The van der Waals surface area contributed by atoms with Gasteiger partial charge in [0.25, 0.3) is 0 Å². The Balaban J connectivity index is 2.02. The molecule has 0 bridgehead atoms. The molecule has 0 amide bonds. The van der Waals surface area contributed by atoms with Gasteiger partial charge in [0, 0.05) is 37.0 Å². The van der Waals surface area contributed by atoms with Crippen molar-refractivity contribution >= 4 is 16.8 Å². The van der Waals surface area contributed by atoms with Gasteiger partial charge >= 0.3 is 0 Å². The lowest BCUT2D eigenvalue weighted by molar-refractivity contribution is -0.120. The van der Waals surface area contributed by atoms with Crippen LogP contribution in [-0.4, -0.2) is 29.4 Å². The normalized spacial score (nSPS) is 20.3. The van der Waals surface area contributed by atoms with Crippen LogP contribution in [0.5, 0.6) is 5.75 Å². The number of pyridine rings is 1. The Morgan fingerprint density at radius 2 is 2.39 bits per heavy atom. The molecule has 1 atom stereocenters. The van der Waals surface area contributed by atoms with Crippen molar-refractivity contribution in [2.24, 2.45) is 0 Å². The topological polar surface area (TPSA) is 67.0 Å². The van der Waals surface area contributed by atoms with Gasteiger partial charge in [-0.15, -0.1) is 0 Å². The van der Waals surface area contributed by atoms with Crippen LogP contribution < -0.4 is 10.1 Å². The van der Waals surface area contributed by atoms with Crippen LogP contribution in [0.2, 0.25) is 0 Å². The fourth-order valence-electron chi connectivity index (χ4n) is 2.41. The highest BCUT2D eigenvalue weighted by molar-refractivity contribution is 5.84. The van der Waals surface area contributed by atoms with Gasteiger partial charge in [0.15, 0.2) is 0 Å². The van der Waals surface area contributed by atoms with Gasteiger partial charge in [-0.25, -0.2) is 4.98 Å². The van der Waals surface area contributed by atoms with Crippen molar-refractivity contribution in [3.05, 3.63) is 24.0 Å². The summed E-state index contributed by atoms with van der Waals surface area (Å²) in [6.07, 6.45) is 4.78. The SMILES string of the molecule is COc1cnc2[nH]cc(C3CC(=O)CCN3)c2c1. The zero-order valence-electron chi connectivity index (χ0n) is 10.2. The molecule has 0 spiro atoms. The highest BCUT2D eigenvalue weighted by atomic mass is 16.5. The zero-order chi connectivity index (χ0) is 12.5. The van der Waals surface area contributed by atoms with Crippen molar-refractivity contribution in [3.8, 4) is 5.75 Å². The maximum atomic E-state index is 11.5. The van der Waals surface area contributed by atoms with Crippen LogP contribution >= 0.6 is 0 Å². The number of rotatable bonds is 2. The molecule has 2 aromatic heterocycles. The lowest BCUT2D eigenvalue weighted by Crippen LogP contribution is -2.31. The number of carbonyl (C=O) groups excluding carboxylic acids is 1. The number of ketones is 1. The van der Waals surface area contributed by atoms with E-state index in [1.165, 1.54) is 0 Å². The Bertz CT molecular complexity index is 591. The number of Topliss-reactive ketones (excluding diaryl/α,β-unsaturated/α-hetero) is 1. The quantitative estimate of drug-likeness (QED) is 0.842. The lowest BCUT2D eigenvalue weighted by Gasteiger charge is -2.22. The van der Waals surface area contributed by atoms with E-state index in [-0.39, 0.29) is 6.04 Å². The molecule has 0 aromatic carbocycles. The van der Waals surface area contributed by atoms with Gasteiger partial charge < -0.3 is 15.0 Å². The average molecular weight is 245 g/mol. The summed E-state index contributed by atoms with van der Waals surface area (Å²) >= 11 is 0. The summed E-state index contributed by atoms with van der Waals surface area (Å²) in [4.78, 5) is 19.0. The second-order valence-corrected chi connectivity index (χ2v) is 4.51. The van der Waals surface area contributed by atoms with Crippen molar-refractivity contribution < 1.29 is 9.53 Å². The van der Waals surface area contributed by atoms with Crippen LogP contribution in [0.15, 0.2) is 18.5 Å². The summed E-state index contributed by atoms with van der Waals surface area (Å²) in [6.45, 7) is 0.744. The number of aromatic nitrogens is 2. The Kier molecular flexibility index (Phi) is 2.76. The molecule has 5 nitrogen and oxygen atoms in total. The maximum Gasteiger partial charge on any atom is 0.137 e. The molecule has 2 aromatic rings. The number of nitrogens with one attached hydrogen (secondary N) is 2. The van der Waals surface area contributed by atoms with E-state index < -0.39 is 0 Å². The number of H-pyrrole nitrogens is 1. The number of methoxy groups -OCH3 is 1. The molecule has 1 aliphatic heterocycles. The summed E-state index contributed by atoms with van der Waals surface area (Å²) in [6, 6.07) is 2.03. The van der Waals surface area contributed by atoms with Gasteiger partial charge in [0.1, 0.15) is 17.2 Å². The third-order valence-electron chi connectivity index (χ3n) is 3.38.